The number of piperazine rings is 2. The molecule has 5 heterocycles. The minimum atomic E-state index is -0.553. The summed E-state index contributed by atoms with van der Waals surface area (Å²) in [4.78, 5) is 18.3. The van der Waals surface area contributed by atoms with Crippen LogP contribution >= 0.6 is 11.3 Å². The van der Waals surface area contributed by atoms with Crippen molar-refractivity contribution in [1.82, 2.24) is 25.3 Å². The molecule has 2 atom stereocenters. The third kappa shape index (κ3) is 4.30. The number of nitrogens with one attached hydrogen (secondary N) is 1. The highest BCUT2D eigenvalue weighted by molar-refractivity contribution is 7.16. The normalized spacial score (nSPS) is 24.3. The zero-order valence-corrected chi connectivity index (χ0v) is 23.1. The number of thiophene rings is 1. The van der Waals surface area contributed by atoms with Crippen LogP contribution in [-0.2, 0) is 11.8 Å². The zero-order chi connectivity index (χ0) is 26.4. The minimum absolute atomic E-state index is 0.348. The fraction of sp³-hybridized carbons (Fsp3) is 0.556. The van der Waals surface area contributed by atoms with Crippen molar-refractivity contribution in [2.75, 3.05) is 68.4 Å². The van der Waals surface area contributed by atoms with E-state index in [9.17, 15) is 5.26 Å². The summed E-state index contributed by atoms with van der Waals surface area (Å²) in [6.07, 6.45) is 2.72. The third-order valence-electron chi connectivity index (χ3n) is 8.28. The van der Waals surface area contributed by atoms with Gasteiger partial charge in [-0.1, -0.05) is 5.16 Å². The van der Waals surface area contributed by atoms with Crippen LogP contribution in [0.2, 0.25) is 0 Å². The van der Waals surface area contributed by atoms with Crippen LogP contribution in [-0.4, -0.2) is 78.9 Å². The SMILES string of the molecule is CC1CN(C)CCN1c1cc(N2CCNCC2)cc(-c2noc(C3(C)CCCc4sc(N)c(C#N)c43)n2)n1. The van der Waals surface area contributed by atoms with E-state index < -0.39 is 5.41 Å². The van der Waals surface area contributed by atoms with Gasteiger partial charge >= 0.3 is 0 Å². The second-order valence-corrected chi connectivity index (χ2v) is 12.1. The Labute approximate surface area is 227 Å². The van der Waals surface area contributed by atoms with Gasteiger partial charge in [0.2, 0.25) is 11.7 Å². The molecule has 3 aromatic rings. The molecule has 2 aliphatic heterocycles. The standard InChI is InChI=1S/C27H35N9OS/c1-17-16-34(3)11-12-36(17)22-14-18(35-9-7-30-8-10-35)13-20(31-22)25-32-26(37-33-25)27(2)6-4-5-21-23(27)19(15-28)24(29)38-21/h13-14,17,30H,4-12,16,29H2,1-3H3. The molecule has 38 heavy (non-hydrogen) atoms. The van der Waals surface area contributed by atoms with Crippen LogP contribution in [0, 0.1) is 11.3 Å². The van der Waals surface area contributed by atoms with E-state index in [1.807, 2.05) is 0 Å². The lowest BCUT2D eigenvalue weighted by molar-refractivity contribution is 0.274. The van der Waals surface area contributed by atoms with Crippen molar-refractivity contribution in [3.05, 3.63) is 34.0 Å². The topological polar surface area (TPSA) is 123 Å². The van der Waals surface area contributed by atoms with Gasteiger partial charge in [-0.2, -0.15) is 10.2 Å². The Hall–Kier alpha value is -3.20. The second kappa shape index (κ2) is 9.84. The number of hydrogen-bond acceptors (Lipinski definition) is 11. The number of rotatable bonds is 4. The molecule has 3 N–H and O–H groups in total. The molecule has 2 saturated heterocycles. The van der Waals surface area contributed by atoms with Crippen LogP contribution in [0.15, 0.2) is 16.7 Å². The summed E-state index contributed by atoms with van der Waals surface area (Å²) in [6, 6.07) is 6.97. The summed E-state index contributed by atoms with van der Waals surface area (Å²) in [7, 11) is 2.17. The van der Waals surface area contributed by atoms with E-state index in [1.165, 1.54) is 11.3 Å². The first-order valence-electron chi connectivity index (χ1n) is 13.5. The molecule has 0 saturated carbocycles. The summed E-state index contributed by atoms with van der Waals surface area (Å²) >= 11 is 1.51. The molecule has 0 radical (unpaired) electrons. The maximum absolute atomic E-state index is 9.86. The molecule has 0 spiro atoms. The summed E-state index contributed by atoms with van der Waals surface area (Å²) in [5.74, 6) is 1.95. The maximum Gasteiger partial charge on any atom is 0.237 e. The summed E-state index contributed by atoms with van der Waals surface area (Å²) in [6.45, 7) is 11.0. The van der Waals surface area contributed by atoms with Gasteiger partial charge in [-0.05, 0) is 46.2 Å². The van der Waals surface area contributed by atoms with E-state index in [0.29, 0.717) is 34.0 Å². The van der Waals surface area contributed by atoms with Crippen molar-refractivity contribution in [2.24, 2.45) is 0 Å². The lowest BCUT2D eigenvalue weighted by Gasteiger charge is -2.39. The van der Waals surface area contributed by atoms with Crippen molar-refractivity contribution in [2.45, 2.75) is 44.6 Å². The number of aromatic nitrogens is 3. The molecule has 0 aromatic carbocycles. The van der Waals surface area contributed by atoms with Gasteiger partial charge in [0.05, 0.1) is 11.0 Å². The number of nitrogen functional groups attached to an aromatic ring is 1. The third-order valence-corrected chi connectivity index (χ3v) is 9.36. The number of fused-ring (bicyclic) bond motifs is 1. The van der Waals surface area contributed by atoms with Crippen LogP contribution in [0.5, 0.6) is 0 Å². The highest BCUT2D eigenvalue weighted by Gasteiger charge is 2.43. The summed E-state index contributed by atoms with van der Waals surface area (Å²) in [5, 5.41) is 18.3. The number of nitriles is 1. The van der Waals surface area contributed by atoms with Crippen molar-refractivity contribution >= 4 is 27.8 Å². The number of hydrogen-bond donors (Lipinski definition) is 2. The summed E-state index contributed by atoms with van der Waals surface area (Å²) in [5.41, 5.74) is 9.02. The Bertz CT molecular complexity index is 1370. The highest BCUT2D eigenvalue weighted by atomic mass is 32.1. The van der Waals surface area contributed by atoms with Gasteiger partial charge in [-0.3, -0.25) is 0 Å². The van der Waals surface area contributed by atoms with Gasteiger partial charge in [0.15, 0.2) is 0 Å². The van der Waals surface area contributed by atoms with Crippen molar-refractivity contribution < 1.29 is 4.52 Å². The Kier molecular flexibility index (Phi) is 6.50. The van der Waals surface area contributed by atoms with Crippen molar-refractivity contribution in [1.29, 1.82) is 5.26 Å². The average Bonchev–Trinajstić information content (AvgIpc) is 3.55. The highest BCUT2D eigenvalue weighted by Crippen LogP contribution is 2.48. The van der Waals surface area contributed by atoms with Gasteiger partial charge in [-0.15, -0.1) is 11.3 Å². The van der Waals surface area contributed by atoms with Crippen LogP contribution < -0.4 is 20.9 Å². The molecule has 3 aliphatic rings. The first-order chi connectivity index (χ1) is 18.4. The van der Waals surface area contributed by atoms with E-state index in [-0.39, 0.29) is 0 Å². The van der Waals surface area contributed by atoms with Gasteiger partial charge < -0.3 is 30.3 Å². The Morgan fingerprint density at radius 3 is 2.79 bits per heavy atom. The number of likely N-dealkylation sites (N-methyl/N-ethyl adjacent to an activating group) is 1. The van der Waals surface area contributed by atoms with Crippen LogP contribution in [0.1, 0.15) is 48.6 Å². The smallest absolute Gasteiger partial charge is 0.237 e. The number of nitrogens with two attached hydrogens (primary N) is 1. The van der Waals surface area contributed by atoms with Gasteiger partial charge in [-0.25, -0.2) is 4.98 Å². The number of pyridine rings is 1. The molecule has 0 amide bonds. The fourth-order valence-electron chi connectivity index (χ4n) is 6.21. The predicted molar refractivity (Wildman–Crippen MR) is 150 cm³/mol. The quantitative estimate of drug-likeness (QED) is 0.517. The molecule has 0 bridgehead atoms. The van der Waals surface area contributed by atoms with E-state index in [1.54, 1.807) is 0 Å². The predicted octanol–water partition coefficient (Wildman–Crippen LogP) is 2.84. The Morgan fingerprint density at radius 1 is 1.21 bits per heavy atom. The molecular weight excluding hydrogens is 498 g/mol. The monoisotopic (exact) mass is 533 g/mol. The molecule has 6 rings (SSSR count). The first-order valence-corrected chi connectivity index (χ1v) is 14.3. The molecule has 2 unspecified atom stereocenters. The summed E-state index contributed by atoms with van der Waals surface area (Å²) < 4.78 is 5.94. The van der Waals surface area contributed by atoms with E-state index in [4.69, 9.17) is 20.2 Å². The molecule has 2 fully saturated rings. The number of anilines is 3. The molecule has 10 nitrogen and oxygen atoms in total. The van der Waals surface area contributed by atoms with Crippen LogP contribution in [0.3, 0.4) is 0 Å². The second-order valence-electron chi connectivity index (χ2n) is 11.0. The average molecular weight is 534 g/mol. The lowest BCUT2D eigenvalue weighted by atomic mass is 9.72. The molecule has 1 aliphatic carbocycles. The fourth-order valence-corrected chi connectivity index (χ4v) is 7.40. The first kappa shape index (κ1) is 25.1. The Balaban J connectivity index is 1.40. The molecule has 3 aromatic heterocycles. The number of nitrogens with zero attached hydrogens (tertiary/aromatic N) is 7. The maximum atomic E-state index is 9.86. The Morgan fingerprint density at radius 2 is 2.03 bits per heavy atom. The molecule has 200 valence electrons. The lowest BCUT2D eigenvalue weighted by Crippen LogP contribution is -2.51. The van der Waals surface area contributed by atoms with Gasteiger partial charge in [0.1, 0.15) is 22.6 Å². The van der Waals surface area contributed by atoms with Gasteiger partial charge in [0, 0.05) is 74.0 Å². The minimum Gasteiger partial charge on any atom is -0.389 e. The van der Waals surface area contributed by atoms with Gasteiger partial charge in [0.25, 0.3) is 0 Å². The number of aryl methyl sites for hydroxylation is 1. The van der Waals surface area contributed by atoms with E-state index in [2.05, 4.69) is 64.3 Å². The van der Waals surface area contributed by atoms with Crippen molar-refractivity contribution in [3.8, 4) is 17.6 Å². The van der Waals surface area contributed by atoms with Crippen LogP contribution in [0.4, 0.5) is 16.5 Å². The molecule has 11 heteroatoms. The van der Waals surface area contributed by atoms with E-state index in [0.717, 1.165) is 87.0 Å². The zero-order valence-electron chi connectivity index (χ0n) is 22.3. The van der Waals surface area contributed by atoms with E-state index >= 15 is 0 Å². The molecular formula is C27H35N9OS. The van der Waals surface area contributed by atoms with Crippen LogP contribution in [0.25, 0.3) is 11.5 Å². The largest absolute Gasteiger partial charge is 0.389 e. The van der Waals surface area contributed by atoms with Crippen molar-refractivity contribution in [3.63, 3.8) is 0 Å².